The van der Waals surface area contributed by atoms with Crippen LogP contribution < -0.4 is 10.2 Å². The maximum absolute atomic E-state index is 4.29. The molecule has 0 aliphatic heterocycles. The van der Waals surface area contributed by atoms with Gasteiger partial charge in [0.05, 0.1) is 6.33 Å². The van der Waals surface area contributed by atoms with Crippen LogP contribution in [-0.4, -0.2) is 46.1 Å². The van der Waals surface area contributed by atoms with E-state index in [-0.39, 0.29) is 0 Å². The highest BCUT2D eigenvalue weighted by Gasteiger charge is 2.09. The fourth-order valence-electron chi connectivity index (χ4n) is 1.67. The number of hydrogen-bond donors (Lipinski definition) is 2. The number of nitrogens with zero attached hydrogens (tertiary/aromatic N) is 4. The summed E-state index contributed by atoms with van der Waals surface area (Å²) >= 11 is 0. The number of aromatic amines is 1. The summed E-state index contributed by atoms with van der Waals surface area (Å²) in [7, 11) is 2.02. The lowest BCUT2D eigenvalue weighted by molar-refractivity contribution is 0.588. The van der Waals surface area contributed by atoms with Crippen molar-refractivity contribution in [3.8, 4) is 0 Å². The number of rotatable bonds is 5. The highest BCUT2D eigenvalue weighted by Crippen LogP contribution is 2.17. The van der Waals surface area contributed by atoms with E-state index in [0.717, 1.165) is 24.4 Å². The zero-order valence-electron chi connectivity index (χ0n) is 10.4. The van der Waals surface area contributed by atoms with Gasteiger partial charge in [0.2, 0.25) is 0 Å². The van der Waals surface area contributed by atoms with E-state index in [1.807, 2.05) is 7.05 Å². The summed E-state index contributed by atoms with van der Waals surface area (Å²) in [6.45, 7) is 6.09. The third-order valence-corrected chi connectivity index (χ3v) is 2.56. The van der Waals surface area contributed by atoms with Crippen LogP contribution in [0.15, 0.2) is 12.7 Å². The van der Waals surface area contributed by atoms with Crippen molar-refractivity contribution in [2.75, 3.05) is 25.0 Å². The van der Waals surface area contributed by atoms with E-state index < -0.39 is 0 Å². The van der Waals surface area contributed by atoms with Crippen LogP contribution in [0.25, 0.3) is 11.2 Å². The average Bonchev–Trinajstić information content (AvgIpc) is 2.75. The SMILES string of the molecule is CC(C)NCCN(C)c1ncnc2nc[nH]c12. The molecule has 0 aromatic carbocycles. The monoisotopic (exact) mass is 234 g/mol. The maximum atomic E-state index is 4.29. The van der Waals surface area contributed by atoms with Crippen LogP contribution in [0.4, 0.5) is 5.82 Å². The van der Waals surface area contributed by atoms with Gasteiger partial charge in [-0.2, -0.15) is 0 Å². The molecular weight excluding hydrogens is 216 g/mol. The van der Waals surface area contributed by atoms with Crippen LogP contribution in [0.2, 0.25) is 0 Å². The standard InChI is InChI=1S/C11H18N6/c1-8(2)12-4-5-17(3)11-9-10(14-6-13-9)15-7-16-11/h6-8,12H,4-5H2,1-3H3,(H,13,14,15,16). The molecule has 92 valence electrons. The minimum Gasteiger partial charge on any atom is -0.357 e. The van der Waals surface area contributed by atoms with Crippen LogP contribution in [0.3, 0.4) is 0 Å². The molecule has 0 aliphatic carbocycles. The molecule has 0 saturated carbocycles. The Morgan fingerprint density at radius 1 is 1.35 bits per heavy atom. The zero-order valence-corrected chi connectivity index (χ0v) is 10.4. The van der Waals surface area contributed by atoms with Crippen LogP contribution in [0.1, 0.15) is 13.8 Å². The summed E-state index contributed by atoms with van der Waals surface area (Å²) in [5.74, 6) is 0.887. The van der Waals surface area contributed by atoms with E-state index in [0.29, 0.717) is 11.7 Å². The van der Waals surface area contributed by atoms with Gasteiger partial charge in [-0.05, 0) is 0 Å². The van der Waals surface area contributed by atoms with Gasteiger partial charge in [0.1, 0.15) is 11.8 Å². The molecule has 0 amide bonds. The Labute approximate surface area is 100 Å². The van der Waals surface area contributed by atoms with E-state index in [2.05, 4.69) is 44.0 Å². The predicted octanol–water partition coefficient (Wildman–Crippen LogP) is 0.787. The lowest BCUT2D eigenvalue weighted by Gasteiger charge is -2.19. The Hall–Kier alpha value is -1.69. The smallest absolute Gasteiger partial charge is 0.182 e. The topological polar surface area (TPSA) is 69.7 Å². The van der Waals surface area contributed by atoms with Crippen LogP contribution in [0, 0.1) is 0 Å². The van der Waals surface area contributed by atoms with Crippen molar-refractivity contribution in [3.05, 3.63) is 12.7 Å². The molecule has 0 atom stereocenters. The lowest BCUT2D eigenvalue weighted by atomic mass is 10.4. The first kappa shape index (κ1) is 11.8. The van der Waals surface area contributed by atoms with E-state index in [4.69, 9.17) is 0 Å². The van der Waals surface area contributed by atoms with E-state index in [1.54, 1.807) is 12.7 Å². The molecule has 0 aliphatic rings. The van der Waals surface area contributed by atoms with Crippen LogP contribution in [0.5, 0.6) is 0 Å². The summed E-state index contributed by atoms with van der Waals surface area (Å²) in [5.41, 5.74) is 1.60. The Balaban J connectivity index is 2.08. The molecule has 0 bridgehead atoms. The first-order chi connectivity index (χ1) is 8.18. The molecular formula is C11H18N6. The Morgan fingerprint density at radius 2 is 2.18 bits per heavy atom. The maximum Gasteiger partial charge on any atom is 0.182 e. The van der Waals surface area contributed by atoms with E-state index in [1.165, 1.54) is 0 Å². The Kier molecular flexibility index (Phi) is 3.53. The van der Waals surface area contributed by atoms with Crippen molar-refractivity contribution in [2.45, 2.75) is 19.9 Å². The molecule has 0 spiro atoms. The van der Waals surface area contributed by atoms with Gasteiger partial charge in [0.25, 0.3) is 0 Å². The molecule has 2 N–H and O–H groups in total. The number of fused-ring (bicyclic) bond motifs is 1. The van der Waals surface area contributed by atoms with Crippen molar-refractivity contribution in [1.29, 1.82) is 0 Å². The molecule has 2 rings (SSSR count). The molecule has 2 aromatic heterocycles. The molecule has 2 aromatic rings. The van der Waals surface area contributed by atoms with Crippen LogP contribution in [-0.2, 0) is 0 Å². The summed E-state index contributed by atoms with van der Waals surface area (Å²) in [6.07, 6.45) is 3.19. The third kappa shape index (κ3) is 2.71. The molecule has 17 heavy (non-hydrogen) atoms. The third-order valence-electron chi connectivity index (χ3n) is 2.56. The van der Waals surface area contributed by atoms with Crippen molar-refractivity contribution in [1.82, 2.24) is 25.3 Å². The minimum atomic E-state index is 0.501. The summed E-state index contributed by atoms with van der Waals surface area (Å²) < 4.78 is 0. The van der Waals surface area contributed by atoms with Gasteiger partial charge < -0.3 is 15.2 Å². The first-order valence-corrected chi connectivity index (χ1v) is 5.77. The zero-order chi connectivity index (χ0) is 12.3. The normalized spacial score (nSPS) is 11.3. The number of imidazole rings is 1. The second-order valence-electron chi connectivity index (χ2n) is 4.33. The number of aromatic nitrogens is 4. The van der Waals surface area contributed by atoms with E-state index >= 15 is 0 Å². The average molecular weight is 234 g/mol. The molecule has 0 fully saturated rings. The molecule has 6 heteroatoms. The fourth-order valence-corrected chi connectivity index (χ4v) is 1.67. The van der Waals surface area contributed by atoms with Gasteiger partial charge in [-0.1, -0.05) is 13.8 Å². The second kappa shape index (κ2) is 5.09. The molecule has 2 heterocycles. The quantitative estimate of drug-likeness (QED) is 0.800. The molecule has 0 saturated heterocycles. The number of H-pyrrole nitrogens is 1. The van der Waals surface area contributed by atoms with Gasteiger partial charge in [-0.3, -0.25) is 0 Å². The predicted molar refractivity (Wildman–Crippen MR) is 68.1 cm³/mol. The van der Waals surface area contributed by atoms with E-state index in [9.17, 15) is 0 Å². The largest absolute Gasteiger partial charge is 0.357 e. The first-order valence-electron chi connectivity index (χ1n) is 5.77. The van der Waals surface area contributed by atoms with Crippen LogP contribution >= 0.6 is 0 Å². The molecule has 0 unspecified atom stereocenters. The van der Waals surface area contributed by atoms with Crippen molar-refractivity contribution < 1.29 is 0 Å². The van der Waals surface area contributed by atoms with Crippen molar-refractivity contribution in [2.24, 2.45) is 0 Å². The Bertz CT molecular complexity index is 478. The second-order valence-corrected chi connectivity index (χ2v) is 4.33. The lowest BCUT2D eigenvalue weighted by Crippen LogP contribution is -2.33. The van der Waals surface area contributed by atoms with Crippen molar-refractivity contribution in [3.63, 3.8) is 0 Å². The van der Waals surface area contributed by atoms with Gasteiger partial charge in [-0.25, -0.2) is 15.0 Å². The van der Waals surface area contributed by atoms with Gasteiger partial charge in [-0.15, -0.1) is 0 Å². The highest BCUT2D eigenvalue weighted by molar-refractivity contribution is 5.82. The number of anilines is 1. The minimum absolute atomic E-state index is 0.501. The summed E-state index contributed by atoms with van der Waals surface area (Å²) in [5, 5.41) is 3.38. The number of likely N-dealkylation sites (N-methyl/N-ethyl adjacent to an activating group) is 1. The van der Waals surface area contributed by atoms with Gasteiger partial charge in [0, 0.05) is 26.2 Å². The summed E-state index contributed by atoms with van der Waals surface area (Å²) in [6, 6.07) is 0.501. The highest BCUT2D eigenvalue weighted by atomic mass is 15.2. The van der Waals surface area contributed by atoms with Gasteiger partial charge >= 0.3 is 0 Å². The Morgan fingerprint density at radius 3 is 2.94 bits per heavy atom. The number of hydrogen-bond acceptors (Lipinski definition) is 5. The summed E-state index contributed by atoms with van der Waals surface area (Å²) in [4.78, 5) is 17.7. The molecule has 0 radical (unpaired) electrons. The van der Waals surface area contributed by atoms with Crippen molar-refractivity contribution >= 4 is 17.0 Å². The molecule has 6 nitrogen and oxygen atoms in total. The van der Waals surface area contributed by atoms with Gasteiger partial charge in [0.15, 0.2) is 11.5 Å². The fraction of sp³-hybridized carbons (Fsp3) is 0.545. The number of nitrogens with one attached hydrogen (secondary N) is 2.